The Morgan fingerprint density at radius 1 is 1.64 bits per heavy atom. The van der Waals surface area contributed by atoms with E-state index in [1.54, 1.807) is 23.3 Å². The lowest BCUT2D eigenvalue weighted by Gasteiger charge is -2.28. The van der Waals surface area contributed by atoms with Crippen molar-refractivity contribution in [1.29, 1.82) is 5.26 Å². The Hall–Kier alpha value is -2.50. The van der Waals surface area contributed by atoms with Crippen molar-refractivity contribution in [2.24, 2.45) is 5.73 Å². The van der Waals surface area contributed by atoms with Gasteiger partial charge >= 0.3 is 0 Å². The Balaban J connectivity index is 1.93. The Morgan fingerprint density at radius 2 is 2.45 bits per heavy atom. The predicted molar refractivity (Wildman–Crippen MR) is 77.8 cm³/mol. The molecule has 0 saturated heterocycles. The monoisotopic (exact) mass is 314 g/mol. The first-order valence-corrected chi connectivity index (χ1v) is 7.39. The van der Waals surface area contributed by atoms with E-state index in [1.165, 1.54) is 11.3 Å². The number of hydrogen-bond donors (Lipinski definition) is 2. The van der Waals surface area contributed by atoms with Crippen molar-refractivity contribution in [3.05, 3.63) is 40.1 Å². The zero-order valence-electron chi connectivity index (χ0n) is 11.4. The van der Waals surface area contributed by atoms with Gasteiger partial charge in [0.2, 0.25) is 5.91 Å². The average molecular weight is 314 g/mol. The van der Waals surface area contributed by atoms with Crippen molar-refractivity contribution in [2.45, 2.75) is 18.5 Å². The largest absolute Gasteiger partial charge is 0.369 e. The number of nitrogens with zero attached hydrogens (tertiary/aromatic N) is 3. The van der Waals surface area contributed by atoms with Crippen LogP contribution in [0.4, 0.5) is 0 Å². The first kappa shape index (κ1) is 14.4. The second-order valence-corrected chi connectivity index (χ2v) is 5.81. The highest BCUT2D eigenvalue weighted by atomic mass is 32.1. The van der Waals surface area contributed by atoms with Gasteiger partial charge in [-0.05, 0) is 0 Å². The zero-order valence-corrected chi connectivity index (χ0v) is 12.3. The first-order valence-electron chi connectivity index (χ1n) is 6.57. The van der Waals surface area contributed by atoms with Gasteiger partial charge in [0.25, 0.3) is 0 Å². The average Bonchev–Trinajstić information content (AvgIpc) is 3.14. The summed E-state index contributed by atoms with van der Waals surface area (Å²) < 4.78 is 1.67. The van der Waals surface area contributed by atoms with Crippen LogP contribution in [-0.4, -0.2) is 27.8 Å². The normalized spacial score (nSPS) is 20.1. The molecule has 0 fully saturated rings. The van der Waals surface area contributed by atoms with Crippen LogP contribution in [0, 0.1) is 16.7 Å². The number of carbonyl (C=O) groups excluding carboxylic acids is 2. The molecule has 0 spiro atoms. The Kier molecular flexibility index (Phi) is 3.75. The summed E-state index contributed by atoms with van der Waals surface area (Å²) in [5.41, 5.74) is 6.24. The maximum absolute atomic E-state index is 12.5. The number of carbonyl (C=O) groups is 2. The van der Waals surface area contributed by atoms with Crippen molar-refractivity contribution in [3.8, 4) is 6.07 Å². The van der Waals surface area contributed by atoms with Crippen LogP contribution in [0.5, 0.6) is 0 Å². The number of thiophene rings is 1. The molecule has 2 aromatic heterocycles. The topological polar surface area (TPSA) is 114 Å². The lowest BCUT2D eigenvalue weighted by atomic mass is 9.88. The minimum atomic E-state index is -0.607. The molecular formula is C14H12N5O2S. The van der Waals surface area contributed by atoms with E-state index in [0.717, 1.165) is 0 Å². The van der Waals surface area contributed by atoms with E-state index >= 15 is 0 Å². The summed E-state index contributed by atoms with van der Waals surface area (Å²) in [6, 6.07) is 1.46. The number of aromatic nitrogens is 2. The van der Waals surface area contributed by atoms with E-state index in [-0.39, 0.29) is 18.9 Å². The van der Waals surface area contributed by atoms with Crippen molar-refractivity contribution >= 4 is 23.0 Å². The first-order chi connectivity index (χ1) is 10.6. The van der Waals surface area contributed by atoms with Crippen LogP contribution in [0.25, 0.3) is 0 Å². The van der Waals surface area contributed by atoms with E-state index in [4.69, 9.17) is 11.0 Å². The standard InChI is InChI=1S/C14H12N5O2S/c15-3-8-6-22-13-11(8)9(14(16)21)4-18-12(13)10(20)5-19-2-1-17-7-19/h1-2,7,9,12,18H,4-5H2,(H2,16,21). The van der Waals surface area contributed by atoms with Gasteiger partial charge < -0.3 is 15.6 Å². The Labute approximate surface area is 130 Å². The molecule has 2 unspecified atom stereocenters. The lowest BCUT2D eigenvalue weighted by molar-refractivity contribution is -0.123. The molecule has 1 aliphatic heterocycles. The lowest BCUT2D eigenvalue weighted by Crippen LogP contribution is -2.42. The summed E-state index contributed by atoms with van der Waals surface area (Å²) in [7, 11) is 0. The molecule has 0 saturated carbocycles. The number of nitriles is 1. The second kappa shape index (κ2) is 5.71. The number of primary amides is 1. The summed E-state index contributed by atoms with van der Waals surface area (Å²) in [4.78, 5) is 28.6. The second-order valence-electron chi connectivity index (χ2n) is 4.97. The number of hydrogen-bond acceptors (Lipinski definition) is 6. The molecular weight excluding hydrogens is 302 g/mol. The fraction of sp³-hybridized carbons (Fsp3) is 0.286. The minimum absolute atomic E-state index is 0.0677. The van der Waals surface area contributed by atoms with Gasteiger partial charge in [-0.25, -0.2) is 4.98 Å². The van der Waals surface area contributed by atoms with E-state index in [1.807, 2.05) is 6.07 Å². The van der Waals surface area contributed by atoms with Crippen molar-refractivity contribution in [2.75, 3.05) is 6.54 Å². The van der Waals surface area contributed by atoms with Crippen molar-refractivity contribution in [3.63, 3.8) is 0 Å². The van der Waals surface area contributed by atoms with E-state index in [9.17, 15) is 9.59 Å². The zero-order chi connectivity index (χ0) is 15.7. The molecule has 2 atom stereocenters. The van der Waals surface area contributed by atoms with Gasteiger partial charge in [-0.2, -0.15) is 5.26 Å². The number of Topliss-reactive ketones (excluding diaryl/α,β-unsaturated/α-hetero) is 1. The maximum Gasteiger partial charge on any atom is 0.226 e. The number of nitrogens with two attached hydrogens (primary N) is 1. The third-order valence-electron chi connectivity index (χ3n) is 3.61. The van der Waals surface area contributed by atoms with E-state index in [0.29, 0.717) is 16.0 Å². The molecule has 7 nitrogen and oxygen atoms in total. The molecule has 2 aromatic rings. The van der Waals surface area contributed by atoms with Crippen LogP contribution in [0.2, 0.25) is 0 Å². The molecule has 1 aliphatic rings. The van der Waals surface area contributed by atoms with Gasteiger partial charge in [-0.15, -0.1) is 11.3 Å². The third kappa shape index (κ3) is 2.41. The summed E-state index contributed by atoms with van der Waals surface area (Å²) in [5.74, 6) is -1.19. The van der Waals surface area contributed by atoms with Crippen LogP contribution in [0.1, 0.15) is 28.0 Å². The third-order valence-corrected chi connectivity index (χ3v) is 4.59. The number of ketones is 1. The van der Waals surface area contributed by atoms with Gasteiger partial charge in [-0.3, -0.25) is 9.59 Å². The maximum atomic E-state index is 12.5. The number of fused-ring (bicyclic) bond motifs is 1. The van der Waals surface area contributed by atoms with Crippen LogP contribution in [0.15, 0.2) is 18.7 Å². The van der Waals surface area contributed by atoms with Crippen LogP contribution in [0.3, 0.4) is 0 Å². The van der Waals surface area contributed by atoms with Gasteiger partial charge in [0.05, 0.1) is 29.7 Å². The highest BCUT2D eigenvalue weighted by Crippen LogP contribution is 2.37. The SMILES string of the molecule is N#Cc1[c]sc2c1C(C(N)=O)CNC2C(=O)Cn1ccnc1. The Bertz CT molecular complexity index is 759. The van der Waals surface area contributed by atoms with Crippen LogP contribution < -0.4 is 11.1 Å². The molecule has 111 valence electrons. The fourth-order valence-corrected chi connectivity index (χ4v) is 3.62. The van der Waals surface area contributed by atoms with Crippen LogP contribution >= 0.6 is 11.3 Å². The number of rotatable bonds is 4. The highest BCUT2D eigenvalue weighted by molar-refractivity contribution is 7.10. The summed E-state index contributed by atoms with van der Waals surface area (Å²) >= 11 is 1.18. The Morgan fingerprint density at radius 3 is 3.09 bits per heavy atom. The quantitative estimate of drug-likeness (QED) is 0.830. The molecule has 3 N–H and O–H groups in total. The van der Waals surface area contributed by atoms with Crippen LogP contribution in [-0.2, 0) is 16.1 Å². The molecule has 22 heavy (non-hydrogen) atoms. The highest BCUT2D eigenvalue weighted by Gasteiger charge is 2.37. The molecule has 1 amide bonds. The number of amides is 1. The number of nitrogens with one attached hydrogen (secondary N) is 1. The minimum Gasteiger partial charge on any atom is -0.369 e. The van der Waals surface area contributed by atoms with E-state index in [2.05, 4.69) is 15.7 Å². The molecule has 1 radical (unpaired) electrons. The smallest absolute Gasteiger partial charge is 0.226 e. The fourth-order valence-electron chi connectivity index (χ4n) is 2.57. The molecule has 0 aromatic carbocycles. The van der Waals surface area contributed by atoms with Gasteiger partial charge in [0.1, 0.15) is 12.1 Å². The summed E-state index contributed by atoms with van der Waals surface area (Å²) in [6.45, 7) is 0.403. The summed E-state index contributed by atoms with van der Waals surface area (Å²) in [5, 5.41) is 15.1. The van der Waals surface area contributed by atoms with Gasteiger partial charge in [0, 0.05) is 29.4 Å². The van der Waals surface area contributed by atoms with Gasteiger partial charge in [0.15, 0.2) is 5.78 Å². The van der Waals surface area contributed by atoms with Crippen molar-refractivity contribution < 1.29 is 9.59 Å². The van der Waals surface area contributed by atoms with Crippen molar-refractivity contribution in [1.82, 2.24) is 14.9 Å². The molecule has 3 rings (SSSR count). The predicted octanol–water partition coefficient (Wildman–Crippen LogP) is 0.0990. The summed E-state index contributed by atoms with van der Waals surface area (Å²) in [6.07, 6.45) is 4.87. The van der Waals surface area contributed by atoms with E-state index < -0.39 is 17.9 Å². The number of imidazole rings is 1. The molecule has 3 heterocycles. The molecule has 0 aliphatic carbocycles. The van der Waals surface area contributed by atoms with Gasteiger partial charge in [-0.1, -0.05) is 0 Å². The molecule has 0 bridgehead atoms. The molecule has 8 heteroatoms.